The zero-order chi connectivity index (χ0) is 17.4. The summed E-state index contributed by atoms with van der Waals surface area (Å²) in [4.78, 5) is 14.7. The zero-order valence-corrected chi connectivity index (χ0v) is 14.7. The van der Waals surface area contributed by atoms with E-state index in [0.29, 0.717) is 17.9 Å². The van der Waals surface area contributed by atoms with Gasteiger partial charge < -0.3 is 9.15 Å². The van der Waals surface area contributed by atoms with Gasteiger partial charge in [-0.1, -0.05) is 23.7 Å². The van der Waals surface area contributed by atoms with Crippen molar-refractivity contribution < 1.29 is 9.15 Å². The Balaban J connectivity index is 1.65. The highest BCUT2D eigenvalue weighted by atomic mass is 35.5. The topological polar surface area (TPSA) is 42.7 Å². The fourth-order valence-electron chi connectivity index (χ4n) is 3.41. The van der Waals surface area contributed by atoms with Crippen molar-refractivity contribution in [3.05, 3.63) is 74.6 Å². The molecule has 4 nitrogen and oxygen atoms in total. The summed E-state index contributed by atoms with van der Waals surface area (Å²) in [6, 6.07) is 13.5. The molecule has 3 aromatic rings. The van der Waals surface area contributed by atoms with E-state index in [1.165, 1.54) is 5.56 Å². The van der Waals surface area contributed by atoms with E-state index in [0.717, 1.165) is 41.0 Å². The van der Waals surface area contributed by atoms with Gasteiger partial charge in [-0.2, -0.15) is 0 Å². The van der Waals surface area contributed by atoms with Crippen LogP contribution in [-0.4, -0.2) is 18.6 Å². The van der Waals surface area contributed by atoms with Crippen LogP contribution in [0.2, 0.25) is 5.02 Å². The first-order chi connectivity index (χ1) is 12.1. The predicted molar refractivity (Wildman–Crippen MR) is 98.3 cm³/mol. The van der Waals surface area contributed by atoms with E-state index >= 15 is 0 Å². The second kappa shape index (κ2) is 6.54. The Morgan fingerprint density at radius 2 is 1.96 bits per heavy atom. The molecule has 2 aromatic carbocycles. The van der Waals surface area contributed by atoms with Gasteiger partial charge in [-0.15, -0.1) is 0 Å². The molecule has 0 saturated heterocycles. The Labute approximate surface area is 150 Å². The fraction of sp³-hybridized carbons (Fsp3) is 0.250. The molecule has 0 bridgehead atoms. The number of halogens is 1. The van der Waals surface area contributed by atoms with Crippen LogP contribution in [0.5, 0.6) is 5.75 Å². The van der Waals surface area contributed by atoms with E-state index in [1.54, 1.807) is 13.2 Å². The Morgan fingerprint density at radius 3 is 2.72 bits per heavy atom. The minimum absolute atomic E-state index is 0.253. The first-order valence-electron chi connectivity index (χ1n) is 8.23. The standard InChI is InChI=1S/C20H18ClNO3/c1-24-15-6-7-17-16-8-9-22(11-13-2-4-14(21)5-3-13)12-18(16)20(23)25-19(17)10-15/h2-7,10H,8-9,11-12H2,1H3/i1-1. The highest BCUT2D eigenvalue weighted by Gasteiger charge is 2.23. The molecule has 0 aliphatic carbocycles. The molecule has 0 N–H and O–H groups in total. The van der Waals surface area contributed by atoms with Crippen LogP contribution in [0.1, 0.15) is 16.7 Å². The Kier molecular flexibility index (Phi) is 4.24. The third-order valence-electron chi connectivity index (χ3n) is 4.71. The molecule has 0 spiro atoms. The lowest BCUT2D eigenvalue weighted by molar-refractivity contribution is 0.241. The average molecular weight is 355 g/mol. The fourth-order valence-corrected chi connectivity index (χ4v) is 3.54. The summed E-state index contributed by atoms with van der Waals surface area (Å²) in [5.41, 5.74) is 3.38. The van der Waals surface area contributed by atoms with Gasteiger partial charge >= 0.3 is 5.63 Å². The number of nitrogens with zero attached hydrogens (tertiary/aromatic N) is 1. The van der Waals surface area contributed by atoms with Gasteiger partial charge in [0.05, 0.1) is 12.7 Å². The number of fused-ring (bicyclic) bond motifs is 3. The summed E-state index contributed by atoms with van der Waals surface area (Å²) in [5.74, 6) is 0.691. The maximum absolute atomic E-state index is 12.5. The van der Waals surface area contributed by atoms with E-state index in [4.69, 9.17) is 20.8 Å². The van der Waals surface area contributed by atoms with Crippen LogP contribution in [0.3, 0.4) is 0 Å². The quantitative estimate of drug-likeness (QED) is 0.666. The molecule has 128 valence electrons. The highest BCUT2D eigenvalue weighted by molar-refractivity contribution is 6.30. The van der Waals surface area contributed by atoms with Crippen molar-refractivity contribution in [1.82, 2.24) is 4.90 Å². The smallest absolute Gasteiger partial charge is 0.341 e. The summed E-state index contributed by atoms with van der Waals surface area (Å²) in [5, 5.41) is 1.73. The molecule has 1 aliphatic rings. The molecule has 1 aliphatic heterocycles. The number of hydrogen-bond acceptors (Lipinski definition) is 4. The third kappa shape index (κ3) is 3.15. The van der Waals surface area contributed by atoms with Gasteiger partial charge in [-0.25, -0.2) is 4.79 Å². The molecule has 5 heteroatoms. The normalized spacial score (nSPS) is 14.5. The number of benzene rings is 2. The molecule has 25 heavy (non-hydrogen) atoms. The number of ether oxygens (including phenoxy) is 1. The van der Waals surface area contributed by atoms with Crippen molar-refractivity contribution in [3.63, 3.8) is 0 Å². The molecular weight excluding hydrogens is 337 g/mol. The molecule has 0 saturated carbocycles. The van der Waals surface area contributed by atoms with Gasteiger partial charge in [-0.05, 0) is 41.8 Å². The van der Waals surface area contributed by atoms with Gasteiger partial charge in [0.2, 0.25) is 0 Å². The molecular formula is C20H18ClNO3. The van der Waals surface area contributed by atoms with E-state index in [1.807, 2.05) is 36.4 Å². The molecule has 0 unspecified atom stereocenters. The maximum atomic E-state index is 12.5. The Hall–Kier alpha value is -2.30. The first kappa shape index (κ1) is 16.2. The first-order valence-corrected chi connectivity index (χ1v) is 8.61. The van der Waals surface area contributed by atoms with Gasteiger partial charge in [0.1, 0.15) is 11.3 Å². The maximum Gasteiger partial charge on any atom is 0.341 e. The van der Waals surface area contributed by atoms with Crippen molar-refractivity contribution in [2.75, 3.05) is 13.7 Å². The summed E-state index contributed by atoms with van der Waals surface area (Å²) in [6.45, 7) is 2.29. The van der Waals surface area contributed by atoms with Gasteiger partial charge in [-0.3, -0.25) is 4.90 Å². The Morgan fingerprint density at radius 1 is 1.16 bits per heavy atom. The molecule has 4 rings (SSSR count). The monoisotopic (exact) mass is 354 g/mol. The molecule has 0 fully saturated rings. The summed E-state index contributed by atoms with van der Waals surface area (Å²) < 4.78 is 10.8. The molecule has 0 atom stereocenters. The van der Waals surface area contributed by atoms with Crippen LogP contribution in [0, 0.1) is 0 Å². The number of methoxy groups -OCH3 is 1. The third-order valence-corrected chi connectivity index (χ3v) is 4.96. The van der Waals surface area contributed by atoms with Crippen molar-refractivity contribution in [3.8, 4) is 5.75 Å². The van der Waals surface area contributed by atoms with Crippen LogP contribution in [0.4, 0.5) is 0 Å². The van der Waals surface area contributed by atoms with Gasteiger partial charge in [0, 0.05) is 36.1 Å². The van der Waals surface area contributed by atoms with E-state index < -0.39 is 0 Å². The summed E-state index contributed by atoms with van der Waals surface area (Å²) in [6.07, 6.45) is 0.831. The average Bonchev–Trinajstić information content (AvgIpc) is 2.63. The zero-order valence-electron chi connectivity index (χ0n) is 13.9. The number of hydrogen-bond donors (Lipinski definition) is 0. The van der Waals surface area contributed by atoms with Crippen molar-refractivity contribution in [2.24, 2.45) is 0 Å². The predicted octanol–water partition coefficient (Wildman–Crippen LogP) is 4.01. The van der Waals surface area contributed by atoms with E-state index in [9.17, 15) is 4.79 Å². The molecule has 0 radical (unpaired) electrons. The van der Waals surface area contributed by atoms with Crippen LogP contribution in [0.25, 0.3) is 11.0 Å². The minimum Gasteiger partial charge on any atom is -0.497 e. The largest absolute Gasteiger partial charge is 0.497 e. The van der Waals surface area contributed by atoms with Crippen LogP contribution in [-0.2, 0) is 19.5 Å². The lowest BCUT2D eigenvalue weighted by Crippen LogP contribution is -2.33. The van der Waals surface area contributed by atoms with E-state index in [2.05, 4.69) is 4.90 Å². The van der Waals surface area contributed by atoms with Crippen molar-refractivity contribution in [2.45, 2.75) is 19.5 Å². The summed E-state index contributed by atoms with van der Waals surface area (Å²) >= 11 is 5.94. The highest BCUT2D eigenvalue weighted by Crippen LogP contribution is 2.28. The summed E-state index contributed by atoms with van der Waals surface area (Å²) in [7, 11) is 1.60. The van der Waals surface area contributed by atoms with Crippen LogP contribution >= 0.6 is 11.6 Å². The Bertz CT molecular complexity index is 979. The minimum atomic E-state index is -0.253. The molecule has 2 heterocycles. The molecule has 1 aromatic heterocycles. The second-order valence-electron chi connectivity index (χ2n) is 6.30. The lowest BCUT2D eigenvalue weighted by atomic mass is 9.97. The SMILES string of the molecule is [11CH3]Oc1ccc2c3c(c(=O)oc2c1)CN(Cc1ccc(Cl)cc1)CC3. The molecule has 0 amide bonds. The van der Waals surface area contributed by atoms with Crippen LogP contribution in [0.15, 0.2) is 51.7 Å². The van der Waals surface area contributed by atoms with Crippen LogP contribution < -0.4 is 10.4 Å². The second-order valence-corrected chi connectivity index (χ2v) is 6.73. The van der Waals surface area contributed by atoms with E-state index in [-0.39, 0.29) is 5.63 Å². The van der Waals surface area contributed by atoms with Crippen molar-refractivity contribution in [1.29, 1.82) is 0 Å². The lowest BCUT2D eigenvalue weighted by Gasteiger charge is -2.28. The number of rotatable bonds is 3. The van der Waals surface area contributed by atoms with Gasteiger partial charge in [0.15, 0.2) is 0 Å². The van der Waals surface area contributed by atoms with Crippen molar-refractivity contribution >= 4 is 22.6 Å². The van der Waals surface area contributed by atoms with Gasteiger partial charge in [0.25, 0.3) is 0 Å².